The maximum atomic E-state index is 13.0. The SMILES string of the molecule is COc1cc(C2C(C(=O)C3CC3)=C(O)C(=O)N2c2nncs2)cc(OC)c1OC. The van der Waals surface area contributed by atoms with Crippen LogP contribution in [0.1, 0.15) is 24.4 Å². The number of rotatable bonds is 7. The molecule has 1 fully saturated rings. The first-order valence-electron chi connectivity index (χ1n) is 8.88. The quantitative estimate of drug-likeness (QED) is 0.731. The summed E-state index contributed by atoms with van der Waals surface area (Å²) in [5.41, 5.74) is 2.06. The Balaban J connectivity index is 1.91. The summed E-state index contributed by atoms with van der Waals surface area (Å²) in [6.45, 7) is 0. The lowest BCUT2D eigenvalue weighted by Gasteiger charge is -2.25. The smallest absolute Gasteiger partial charge is 0.296 e. The predicted octanol–water partition coefficient (Wildman–Crippen LogP) is 2.44. The van der Waals surface area contributed by atoms with E-state index in [1.165, 1.54) is 31.7 Å². The molecule has 1 aromatic carbocycles. The number of hydrogen-bond acceptors (Lipinski definition) is 9. The number of aromatic nitrogens is 2. The fourth-order valence-electron chi connectivity index (χ4n) is 3.47. The monoisotopic (exact) mass is 417 g/mol. The van der Waals surface area contributed by atoms with Crippen LogP contribution in [0, 0.1) is 5.92 Å². The second-order valence-electron chi connectivity index (χ2n) is 6.66. The molecule has 152 valence electrons. The van der Waals surface area contributed by atoms with Gasteiger partial charge in [-0.2, -0.15) is 0 Å². The van der Waals surface area contributed by atoms with Gasteiger partial charge < -0.3 is 19.3 Å². The number of aliphatic hydroxyl groups excluding tert-OH is 1. The lowest BCUT2D eigenvalue weighted by atomic mass is 9.93. The lowest BCUT2D eigenvalue weighted by molar-refractivity contribution is -0.118. The molecule has 29 heavy (non-hydrogen) atoms. The van der Waals surface area contributed by atoms with Crippen molar-refractivity contribution in [3.8, 4) is 17.2 Å². The molecule has 1 aliphatic carbocycles. The van der Waals surface area contributed by atoms with Gasteiger partial charge in [-0.3, -0.25) is 14.5 Å². The van der Waals surface area contributed by atoms with Gasteiger partial charge in [-0.1, -0.05) is 11.3 Å². The summed E-state index contributed by atoms with van der Waals surface area (Å²) >= 11 is 1.14. The van der Waals surface area contributed by atoms with Crippen molar-refractivity contribution in [3.05, 3.63) is 34.5 Å². The molecule has 0 spiro atoms. The molecule has 1 unspecified atom stereocenters. The van der Waals surface area contributed by atoms with Crippen LogP contribution >= 0.6 is 11.3 Å². The highest BCUT2D eigenvalue weighted by Crippen LogP contribution is 2.48. The fourth-order valence-corrected chi connectivity index (χ4v) is 4.05. The predicted molar refractivity (Wildman–Crippen MR) is 104 cm³/mol. The summed E-state index contributed by atoms with van der Waals surface area (Å²) in [4.78, 5) is 27.2. The summed E-state index contributed by atoms with van der Waals surface area (Å²) in [5, 5.41) is 18.6. The Kier molecular flexibility index (Phi) is 4.87. The van der Waals surface area contributed by atoms with Gasteiger partial charge in [0, 0.05) is 5.92 Å². The van der Waals surface area contributed by atoms with Crippen molar-refractivity contribution in [2.75, 3.05) is 26.2 Å². The van der Waals surface area contributed by atoms with Crippen LogP contribution in [-0.4, -0.2) is 48.3 Å². The second-order valence-corrected chi connectivity index (χ2v) is 7.47. The number of hydrogen-bond donors (Lipinski definition) is 1. The minimum atomic E-state index is -0.878. The standard InChI is InChI=1S/C19H19N3O6S/c1-26-11-6-10(7-12(27-2)17(11)28-3)14-13(15(23)9-4-5-9)16(24)18(25)22(14)19-21-20-8-29-19/h6-9,14,24H,4-5H2,1-3H3. The summed E-state index contributed by atoms with van der Waals surface area (Å²) in [6, 6.07) is 2.44. The van der Waals surface area contributed by atoms with Crippen LogP contribution in [0.4, 0.5) is 5.13 Å². The van der Waals surface area contributed by atoms with E-state index in [2.05, 4.69) is 10.2 Å². The van der Waals surface area contributed by atoms with Crippen molar-refractivity contribution in [3.63, 3.8) is 0 Å². The summed E-state index contributed by atoms with van der Waals surface area (Å²) in [6.07, 6.45) is 1.48. The van der Waals surface area contributed by atoms with E-state index >= 15 is 0 Å². The number of Topliss-reactive ketones (excluding diaryl/α,β-unsaturated/α-hetero) is 1. The van der Waals surface area contributed by atoms with Crippen LogP contribution in [0.5, 0.6) is 17.2 Å². The van der Waals surface area contributed by atoms with Crippen molar-refractivity contribution in [2.45, 2.75) is 18.9 Å². The van der Waals surface area contributed by atoms with E-state index in [1.807, 2.05) is 0 Å². The van der Waals surface area contributed by atoms with E-state index in [4.69, 9.17) is 14.2 Å². The van der Waals surface area contributed by atoms with Gasteiger partial charge in [0.2, 0.25) is 10.9 Å². The number of methoxy groups -OCH3 is 3. The van der Waals surface area contributed by atoms with Crippen LogP contribution in [0.3, 0.4) is 0 Å². The minimum absolute atomic E-state index is 0.0574. The van der Waals surface area contributed by atoms with E-state index in [9.17, 15) is 14.7 Å². The number of ether oxygens (including phenoxy) is 3. The first-order valence-corrected chi connectivity index (χ1v) is 9.76. The molecule has 9 nitrogen and oxygen atoms in total. The molecule has 2 heterocycles. The number of amides is 1. The number of benzene rings is 1. The first-order chi connectivity index (χ1) is 14.0. The molecule has 1 amide bonds. The Bertz CT molecular complexity index is 974. The van der Waals surface area contributed by atoms with Crippen LogP contribution < -0.4 is 19.1 Å². The molecule has 2 aliphatic rings. The van der Waals surface area contributed by atoms with Crippen molar-refractivity contribution >= 4 is 28.2 Å². The summed E-state index contributed by atoms with van der Waals surface area (Å²) in [7, 11) is 4.44. The average molecular weight is 417 g/mol. The minimum Gasteiger partial charge on any atom is -0.503 e. The van der Waals surface area contributed by atoms with Crippen molar-refractivity contribution in [2.24, 2.45) is 5.92 Å². The molecule has 1 saturated carbocycles. The zero-order chi connectivity index (χ0) is 20.7. The van der Waals surface area contributed by atoms with E-state index in [1.54, 1.807) is 12.1 Å². The summed E-state index contributed by atoms with van der Waals surface area (Å²) < 4.78 is 16.2. The first kappa shape index (κ1) is 19.2. The molecule has 4 rings (SSSR count). The molecule has 2 aromatic rings. The highest BCUT2D eigenvalue weighted by atomic mass is 32.1. The van der Waals surface area contributed by atoms with Crippen LogP contribution in [0.15, 0.2) is 29.0 Å². The van der Waals surface area contributed by atoms with E-state index in [0.29, 0.717) is 22.8 Å². The third kappa shape index (κ3) is 3.09. The van der Waals surface area contributed by atoms with Gasteiger partial charge in [0.25, 0.3) is 5.91 Å². The van der Waals surface area contributed by atoms with Crippen LogP contribution in [0.2, 0.25) is 0 Å². The van der Waals surface area contributed by atoms with Crippen molar-refractivity contribution < 1.29 is 28.9 Å². The largest absolute Gasteiger partial charge is 0.503 e. The second kappa shape index (κ2) is 7.36. The lowest BCUT2D eigenvalue weighted by Crippen LogP contribution is -2.31. The number of carbonyl (C=O) groups is 2. The molecule has 0 bridgehead atoms. The Morgan fingerprint density at radius 1 is 1.17 bits per heavy atom. The molecule has 1 aromatic heterocycles. The van der Waals surface area contributed by atoms with Crippen molar-refractivity contribution in [1.82, 2.24) is 10.2 Å². The maximum Gasteiger partial charge on any atom is 0.296 e. The van der Waals surface area contributed by atoms with Gasteiger partial charge in [0.1, 0.15) is 5.51 Å². The Morgan fingerprint density at radius 2 is 1.83 bits per heavy atom. The maximum absolute atomic E-state index is 13.0. The topological polar surface area (TPSA) is 111 Å². The summed E-state index contributed by atoms with van der Waals surface area (Å²) in [5.74, 6) is -0.540. The number of carbonyl (C=O) groups excluding carboxylic acids is 2. The van der Waals surface area contributed by atoms with Gasteiger partial charge in [-0.15, -0.1) is 10.2 Å². The third-order valence-electron chi connectivity index (χ3n) is 4.98. The zero-order valence-electron chi connectivity index (χ0n) is 16.0. The van der Waals surface area contributed by atoms with Gasteiger partial charge in [0.05, 0.1) is 32.9 Å². The number of nitrogens with zero attached hydrogens (tertiary/aromatic N) is 3. The molecule has 0 saturated heterocycles. The fraction of sp³-hybridized carbons (Fsp3) is 0.368. The zero-order valence-corrected chi connectivity index (χ0v) is 16.9. The number of ketones is 1. The molecular weight excluding hydrogens is 398 g/mol. The molecule has 0 radical (unpaired) electrons. The Hall–Kier alpha value is -3.14. The highest BCUT2D eigenvalue weighted by Gasteiger charge is 2.49. The molecule has 1 atom stereocenters. The van der Waals surface area contributed by atoms with E-state index in [0.717, 1.165) is 24.2 Å². The van der Waals surface area contributed by atoms with Gasteiger partial charge in [-0.25, -0.2) is 0 Å². The Labute approximate surface area is 170 Å². The third-order valence-corrected chi connectivity index (χ3v) is 5.67. The van der Waals surface area contributed by atoms with Gasteiger partial charge in [-0.05, 0) is 30.5 Å². The van der Waals surface area contributed by atoms with Gasteiger partial charge >= 0.3 is 0 Å². The normalized spacial score (nSPS) is 18.9. The van der Waals surface area contributed by atoms with Crippen LogP contribution in [-0.2, 0) is 9.59 Å². The molecule has 10 heteroatoms. The molecule has 1 N–H and O–H groups in total. The van der Waals surface area contributed by atoms with Gasteiger partial charge in [0.15, 0.2) is 23.0 Å². The van der Waals surface area contributed by atoms with E-state index < -0.39 is 17.7 Å². The highest BCUT2D eigenvalue weighted by molar-refractivity contribution is 7.13. The van der Waals surface area contributed by atoms with Crippen molar-refractivity contribution in [1.29, 1.82) is 0 Å². The molecule has 1 aliphatic heterocycles. The average Bonchev–Trinajstić information content (AvgIpc) is 3.39. The van der Waals surface area contributed by atoms with Crippen LogP contribution in [0.25, 0.3) is 0 Å². The number of aliphatic hydroxyl groups is 1. The number of anilines is 1. The van der Waals surface area contributed by atoms with E-state index in [-0.39, 0.29) is 22.4 Å². The molecular formula is C19H19N3O6S. The Morgan fingerprint density at radius 3 is 2.31 bits per heavy atom.